The summed E-state index contributed by atoms with van der Waals surface area (Å²) in [5, 5.41) is 4.00. The third-order valence-electron chi connectivity index (χ3n) is 4.33. The van der Waals surface area contributed by atoms with Crippen LogP contribution in [-0.4, -0.2) is 48.8 Å². The molecule has 0 aromatic carbocycles. The number of hydrogen-bond donors (Lipinski definition) is 2. The van der Waals surface area contributed by atoms with Gasteiger partial charge in [0.1, 0.15) is 4.90 Å². The molecule has 0 spiro atoms. The Morgan fingerprint density at radius 2 is 2.15 bits per heavy atom. The highest BCUT2D eigenvalue weighted by molar-refractivity contribution is 7.89. The van der Waals surface area contributed by atoms with Gasteiger partial charge in [-0.2, -0.15) is 5.10 Å². The molecule has 1 aromatic heterocycles. The molecule has 0 aliphatic carbocycles. The Morgan fingerprint density at radius 1 is 1.45 bits per heavy atom. The average molecular weight is 299 g/mol. The van der Waals surface area contributed by atoms with E-state index in [0.717, 1.165) is 32.5 Å². The summed E-state index contributed by atoms with van der Waals surface area (Å²) in [6, 6.07) is -0.00752. The number of hydrogen-bond acceptors (Lipinski definition) is 5. The van der Waals surface area contributed by atoms with Crippen molar-refractivity contribution in [2.45, 2.75) is 37.2 Å². The third kappa shape index (κ3) is 2.43. The van der Waals surface area contributed by atoms with E-state index in [1.54, 1.807) is 4.68 Å². The fourth-order valence-corrected chi connectivity index (χ4v) is 4.52. The Bertz CT molecular complexity index is 589. The topological polar surface area (TPSA) is 93.2 Å². The fraction of sp³-hybridized carbons (Fsp3) is 0.750. The van der Waals surface area contributed by atoms with Crippen molar-refractivity contribution >= 4 is 15.8 Å². The number of rotatable bonds is 4. The quantitative estimate of drug-likeness (QED) is 0.807. The van der Waals surface area contributed by atoms with E-state index in [2.05, 4.69) is 14.7 Å². The highest BCUT2D eigenvalue weighted by atomic mass is 32.2. The van der Waals surface area contributed by atoms with Crippen LogP contribution in [0.25, 0.3) is 0 Å². The van der Waals surface area contributed by atoms with Gasteiger partial charge in [0.05, 0.1) is 0 Å². The van der Waals surface area contributed by atoms with E-state index >= 15 is 0 Å². The van der Waals surface area contributed by atoms with Crippen LogP contribution in [0.4, 0.5) is 5.82 Å². The Labute approximate surface area is 119 Å². The lowest BCUT2D eigenvalue weighted by molar-refractivity contribution is 0.0827. The molecule has 1 atom stereocenters. The summed E-state index contributed by atoms with van der Waals surface area (Å²) in [6.45, 7) is 5.45. The highest BCUT2D eigenvalue weighted by Gasteiger charge is 2.37. The SMILES string of the molecule is CCn1cc(S(=O)(=O)NC2CN3CCC2CC3)c(N)n1. The molecular formula is C12H21N5O2S. The van der Waals surface area contributed by atoms with Gasteiger partial charge >= 0.3 is 0 Å². The molecule has 0 saturated carbocycles. The monoisotopic (exact) mass is 299 g/mol. The number of nitrogens with two attached hydrogens (primary N) is 1. The van der Waals surface area contributed by atoms with Crippen molar-refractivity contribution in [2.24, 2.45) is 5.92 Å². The molecule has 8 heteroatoms. The van der Waals surface area contributed by atoms with Crippen molar-refractivity contribution < 1.29 is 8.42 Å². The molecule has 1 aromatic rings. The zero-order valence-corrected chi connectivity index (χ0v) is 12.4. The molecule has 3 N–H and O–H groups in total. The van der Waals surface area contributed by atoms with Gasteiger partial charge in [0.15, 0.2) is 5.82 Å². The van der Waals surface area contributed by atoms with E-state index in [-0.39, 0.29) is 16.8 Å². The summed E-state index contributed by atoms with van der Waals surface area (Å²) in [6.07, 6.45) is 3.63. The first-order chi connectivity index (χ1) is 9.49. The number of aryl methyl sites for hydroxylation is 1. The maximum absolute atomic E-state index is 12.5. The van der Waals surface area contributed by atoms with Crippen molar-refractivity contribution in [1.29, 1.82) is 0 Å². The minimum absolute atomic E-state index is 0.00752. The summed E-state index contributed by atoms with van der Waals surface area (Å²) in [5.41, 5.74) is 5.72. The van der Waals surface area contributed by atoms with Gasteiger partial charge in [-0.1, -0.05) is 0 Å². The first-order valence-corrected chi connectivity index (χ1v) is 8.55. The van der Waals surface area contributed by atoms with Gasteiger partial charge in [-0.3, -0.25) is 4.68 Å². The van der Waals surface area contributed by atoms with Crippen LogP contribution < -0.4 is 10.5 Å². The first kappa shape index (κ1) is 13.8. The van der Waals surface area contributed by atoms with E-state index < -0.39 is 10.0 Å². The minimum Gasteiger partial charge on any atom is -0.381 e. The maximum Gasteiger partial charge on any atom is 0.246 e. The number of nitrogen functional groups attached to an aromatic ring is 1. The Hall–Kier alpha value is -1.12. The van der Waals surface area contributed by atoms with Gasteiger partial charge in [0, 0.05) is 25.3 Å². The Morgan fingerprint density at radius 3 is 2.65 bits per heavy atom. The molecule has 20 heavy (non-hydrogen) atoms. The van der Waals surface area contributed by atoms with Crippen LogP contribution in [0, 0.1) is 5.92 Å². The van der Waals surface area contributed by atoms with E-state index in [1.807, 2.05) is 6.92 Å². The van der Waals surface area contributed by atoms with Crippen LogP contribution >= 0.6 is 0 Å². The summed E-state index contributed by atoms with van der Waals surface area (Å²) in [4.78, 5) is 2.40. The molecule has 4 rings (SSSR count). The van der Waals surface area contributed by atoms with Crippen molar-refractivity contribution in [3.8, 4) is 0 Å². The molecule has 1 unspecified atom stereocenters. The Balaban J connectivity index is 1.80. The van der Waals surface area contributed by atoms with E-state index in [4.69, 9.17) is 5.73 Å². The van der Waals surface area contributed by atoms with Gasteiger partial charge < -0.3 is 10.6 Å². The lowest BCUT2D eigenvalue weighted by atomic mass is 9.85. The zero-order valence-electron chi connectivity index (χ0n) is 11.6. The summed E-state index contributed by atoms with van der Waals surface area (Å²) in [5.74, 6) is 0.512. The lowest BCUT2D eigenvalue weighted by Crippen LogP contribution is -2.57. The standard InChI is InChI=1S/C12H21N5O2S/c1-2-17-8-11(12(13)14-17)20(18,19)15-10-7-16-5-3-9(10)4-6-16/h8-10,15H,2-7H2,1H3,(H2,13,14). The van der Waals surface area contributed by atoms with Gasteiger partial charge in [0.25, 0.3) is 0 Å². The molecule has 4 heterocycles. The summed E-state index contributed by atoms with van der Waals surface area (Å²) < 4.78 is 29.3. The van der Waals surface area contributed by atoms with Crippen molar-refractivity contribution in [2.75, 3.05) is 25.4 Å². The second-order valence-electron chi connectivity index (χ2n) is 5.60. The number of nitrogens with one attached hydrogen (secondary N) is 1. The smallest absolute Gasteiger partial charge is 0.246 e. The van der Waals surface area contributed by atoms with Crippen LogP contribution in [0.2, 0.25) is 0 Å². The second-order valence-corrected chi connectivity index (χ2v) is 7.28. The van der Waals surface area contributed by atoms with E-state index in [9.17, 15) is 8.42 Å². The predicted octanol–water partition coefficient (Wildman–Crippen LogP) is -0.142. The highest BCUT2D eigenvalue weighted by Crippen LogP contribution is 2.29. The normalized spacial score (nSPS) is 29.8. The number of nitrogens with zero attached hydrogens (tertiary/aromatic N) is 3. The lowest BCUT2D eigenvalue weighted by Gasteiger charge is -2.44. The fourth-order valence-electron chi connectivity index (χ4n) is 3.15. The van der Waals surface area contributed by atoms with Gasteiger partial charge in [-0.15, -0.1) is 0 Å². The van der Waals surface area contributed by atoms with E-state index in [0.29, 0.717) is 12.5 Å². The molecule has 2 bridgehead atoms. The number of fused-ring (bicyclic) bond motifs is 3. The van der Waals surface area contributed by atoms with Crippen molar-refractivity contribution in [1.82, 2.24) is 19.4 Å². The third-order valence-corrected chi connectivity index (χ3v) is 5.84. The average Bonchev–Trinajstić information content (AvgIpc) is 2.82. The molecule has 112 valence electrons. The molecule has 3 fully saturated rings. The van der Waals surface area contributed by atoms with Crippen LogP contribution in [0.15, 0.2) is 11.1 Å². The first-order valence-electron chi connectivity index (χ1n) is 7.07. The number of sulfonamides is 1. The molecule has 3 saturated heterocycles. The summed E-state index contributed by atoms with van der Waals surface area (Å²) in [7, 11) is -3.59. The second kappa shape index (κ2) is 5.01. The van der Waals surface area contributed by atoms with Crippen LogP contribution in [0.3, 0.4) is 0 Å². The molecular weight excluding hydrogens is 278 g/mol. The molecule has 0 amide bonds. The van der Waals surface area contributed by atoms with E-state index in [1.165, 1.54) is 6.20 Å². The van der Waals surface area contributed by atoms with Gasteiger partial charge in [-0.25, -0.2) is 13.1 Å². The van der Waals surface area contributed by atoms with Crippen molar-refractivity contribution in [3.05, 3.63) is 6.20 Å². The van der Waals surface area contributed by atoms with Gasteiger partial charge in [0.2, 0.25) is 10.0 Å². The number of anilines is 1. The maximum atomic E-state index is 12.5. The molecule has 3 aliphatic rings. The zero-order chi connectivity index (χ0) is 14.3. The van der Waals surface area contributed by atoms with Crippen molar-refractivity contribution in [3.63, 3.8) is 0 Å². The van der Waals surface area contributed by atoms with Gasteiger partial charge in [-0.05, 0) is 38.8 Å². The summed E-state index contributed by atoms with van der Waals surface area (Å²) >= 11 is 0. The number of piperidine rings is 3. The predicted molar refractivity (Wildman–Crippen MR) is 75.6 cm³/mol. The van der Waals surface area contributed by atoms with Crippen LogP contribution in [0.5, 0.6) is 0 Å². The minimum atomic E-state index is -3.59. The molecule has 0 radical (unpaired) electrons. The number of aromatic nitrogens is 2. The Kier molecular flexibility index (Phi) is 3.47. The molecule has 3 aliphatic heterocycles. The molecule has 7 nitrogen and oxygen atoms in total. The van der Waals surface area contributed by atoms with Crippen LogP contribution in [-0.2, 0) is 16.6 Å². The largest absolute Gasteiger partial charge is 0.381 e. The van der Waals surface area contributed by atoms with Crippen LogP contribution in [0.1, 0.15) is 19.8 Å².